The van der Waals surface area contributed by atoms with E-state index in [2.05, 4.69) is 22.9 Å². The van der Waals surface area contributed by atoms with Crippen molar-refractivity contribution in [1.29, 1.82) is 0 Å². The van der Waals surface area contributed by atoms with Crippen LogP contribution >= 0.6 is 15.9 Å². The van der Waals surface area contributed by atoms with Gasteiger partial charge in [0.2, 0.25) is 0 Å². The maximum Gasteiger partial charge on any atom is 0.160 e. The summed E-state index contributed by atoms with van der Waals surface area (Å²) in [6.45, 7) is 2.25. The van der Waals surface area contributed by atoms with Crippen molar-refractivity contribution in [1.82, 2.24) is 0 Å². The Bertz CT molecular complexity index is 185. The first-order chi connectivity index (χ1) is 8.22. The van der Waals surface area contributed by atoms with Crippen LogP contribution in [0.2, 0.25) is 0 Å². The van der Waals surface area contributed by atoms with Crippen LogP contribution in [0.25, 0.3) is 0 Å². The molecule has 0 radical (unpaired) electrons. The zero-order chi connectivity index (χ0) is 12.9. The van der Waals surface area contributed by atoms with Crippen LogP contribution in [0.4, 0.5) is 0 Å². The molecule has 1 atom stereocenters. The van der Waals surface area contributed by atoms with E-state index in [4.69, 9.17) is 5.73 Å². The van der Waals surface area contributed by atoms with Crippen LogP contribution < -0.4 is 5.73 Å². The molecular weight excluding hydrogens is 278 g/mol. The highest BCUT2D eigenvalue weighted by Crippen LogP contribution is 2.11. The maximum atomic E-state index is 11.2. The molecule has 0 aliphatic heterocycles. The van der Waals surface area contributed by atoms with Crippen LogP contribution in [0.1, 0.15) is 71.1 Å². The maximum absolute atomic E-state index is 11.2. The Balaban J connectivity index is 3.15. The van der Waals surface area contributed by atoms with Crippen LogP contribution in [0, 0.1) is 0 Å². The summed E-state index contributed by atoms with van der Waals surface area (Å²) in [5.41, 5.74) is 5.74. The smallest absolute Gasteiger partial charge is 0.160 e. The molecule has 1 unspecified atom stereocenters. The molecule has 0 fully saturated rings. The van der Waals surface area contributed by atoms with E-state index in [0.717, 1.165) is 12.8 Å². The molecule has 17 heavy (non-hydrogen) atoms. The molecule has 0 saturated carbocycles. The number of rotatable bonds is 12. The van der Waals surface area contributed by atoms with E-state index in [9.17, 15) is 4.79 Å². The molecule has 0 rings (SSSR count). The quantitative estimate of drug-likeness (QED) is 0.434. The van der Waals surface area contributed by atoms with Crippen molar-refractivity contribution in [3.05, 3.63) is 0 Å². The van der Waals surface area contributed by atoms with Gasteiger partial charge in [-0.1, -0.05) is 80.6 Å². The van der Waals surface area contributed by atoms with Crippen LogP contribution in [-0.4, -0.2) is 17.2 Å². The molecule has 0 heterocycles. The molecule has 0 aromatic heterocycles. The Hall–Kier alpha value is 0.110. The third-order valence-electron chi connectivity index (χ3n) is 3.16. The largest absolute Gasteiger partial charge is 0.321 e. The number of unbranched alkanes of at least 4 members (excludes halogenated alkanes) is 8. The van der Waals surface area contributed by atoms with Crippen LogP contribution in [0.5, 0.6) is 0 Å². The molecule has 0 aliphatic rings. The highest BCUT2D eigenvalue weighted by atomic mass is 79.9. The number of carbonyl (C=O) groups excluding carboxylic acids is 1. The summed E-state index contributed by atoms with van der Waals surface area (Å²) in [7, 11) is 0. The third kappa shape index (κ3) is 11.0. The number of nitrogens with two attached hydrogens (primary N) is 1. The number of carbonyl (C=O) groups is 1. The average Bonchev–Trinajstić information content (AvgIpc) is 2.35. The second-order valence-electron chi connectivity index (χ2n) is 4.82. The van der Waals surface area contributed by atoms with E-state index in [1.807, 2.05) is 0 Å². The van der Waals surface area contributed by atoms with Gasteiger partial charge in [-0.05, 0) is 6.42 Å². The van der Waals surface area contributed by atoms with Gasteiger partial charge in [0.25, 0.3) is 0 Å². The molecule has 2 nitrogen and oxygen atoms in total. The van der Waals surface area contributed by atoms with Crippen LogP contribution in [-0.2, 0) is 4.79 Å². The summed E-state index contributed by atoms with van der Waals surface area (Å²) in [6, 6.07) is -0.251. The van der Waals surface area contributed by atoms with Gasteiger partial charge in [0.15, 0.2) is 5.78 Å². The Morgan fingerprint density at radius 1 is 1.00 bits per heavy atom. The van der Waals surface area contributed by atoms with Gasteiger partial charge in [-0.25, -0.2) is 0 Å². The predicted molar refractivity (Wildman–Crippen MR) is 78.6 cm³/mol. The fourth-order valence-corrected chi connectivity index (χ4v) is 2.35. The van der Waals surface area contributed by atoms with E-state index in [1.165, 1.54) is 51.4 Å². The normalized spacial score (nSPS) is 12.6. The molecular formula is C14H28BrNO. The van der Waals surface area contributed by atoms with E-state index < -0.39 is 0 Å². The van der Waals surface area contributed by atoms with Crippen molar-refractivity contribution in [2.45, 2.75) is 77.2 Å². The number of hydrogen-bond donors (Lipinski definition) is 1. The lowest BCUT2D eigenvalue weighted by molar-refractivity contribution is -0.117. The average molecular weight is 306 g/mol. The standard InChI is InChI=1S/C14H28BrNO/c1-2-3-4-5-6-7-8-9-10-11-13(16)14(17)12-15/h13H,2-12,16H2,1H3. The summed E-state index contributed by atoms with van der Waals surface area (Å²) in [5.74, 6) is 0.129. The van der Waals surface area contributed by atoms with Gasteiger partial charge in [-0.15, -0.1) is 0 Å². The fourth-order valence-electron chi connectivity index (χ4n) is 1.93. The van der Waals surface area contributed by atoms with Gasteiger partial charge < -0.3 is 5.73 Å². The van der Waals surface area contributed by atoms with E-state index in [-0.39, 0.29) is 11.8 Å². The van der Waals surface area contributed by atoms with Gasteiger partial charge >= 0.3 is 0 Å². The molecule has 0 spiro atoms. The van der Waals surface area contributed by atoms with Crippen molar-refractivity contribution >= 4 is 21.7 Å². The number of hydrogen-bond acceptors (Lipinski definition) is 2. The van der Waals surface area contributed by atoms with Crippen molar-refractivity contribution in [2.75, 3.05) is 5.33 Å². The van der Waals surface area contributed by atoms with E-state index >= 15 is 0 Å². The minimum Gasteiger partial charge on any atom is -0.321 e. The lowest BCUT2D eigenvalue weighted by Crippen LogP contribution is -2.31. The molecule has 0 bridgehead atoms. The minimum absolute atomic E-state index is 0.129. The van der Waals surface area contributed by atoms with Gasteiger partial charge in [0.1, 0.15) is 0 Å². The predicted octanol–water partition coefficient (Wildman–Crippen LogP) is 4.20. The first kappa shape index (κ1) is 17.1. The van der Waals surface area contributed by atoms with Crippen molar-refractivity contribution in [2.24, 2.45) is 5.73 Å². The third-order valence-corrected chi connectivity index (χ3v) is 3.72. The molecule has 0 saturated heterocycles. The lowest BCUT2D eigenvalue weighted by atomic mass is 10.0. The number of Topliss-reactive ketones (excluding diaryl/α,β-unsaturated/α-hetero) is 1. The van der Waals surface area contributed by atoms with Crippen molar-refractivity contribution in [3.63, 3.8) is 0 Å². The Labute approximate surface area is 115 Å². The van der Waals surface area contributed by atoms with E-state index in [1.54, 1.807) is 0 Å². The SMILES string of the molecule is CCCCCCCCCCCC(N)C(=O)CBr. The van der Waals surface area contributed by atoms with Crippen molar-refractivity contribution < 1.29 is 4.79 Å². The van der Waals surface area contributed by atoms with Gasteiger partial charge in [-0.2, -0.15) is 0 Å². The zero-order valence-corrected chi connectivity index (χ0v) is 12.8. The fraction of sp³-hybridized carbons (Fsp3) is 0.929. The summed E-state index contributed by atoms with van der Waals surface area (Å²) in [4.78, 5) is 11.2. The van der Waals surface area contributed by atoms with Crippen LogP contribution in [0.15, 0.2) is 0 Å². The molecule has 0 aliphatic carbocycles. The highest BCUT2D eigenvalue weighted by molar-refractivity contribution is 9.09. The molecule has 102 valence electrons. The Kier molecular flexibility index (Phi) is 12.6. The molecule has 3 heteroatoms. The number of halogens is 1. The lowest BCUT2D eigenvalue weighted by Gasteiger charge is -2.08. The molecule has 0 aromatic carbocycles. The monoisotopic (exact) mass is 305 g/mol. The topological polar surface area (TPSA) is 43.1 Å². The minimum atomic E-state index is -0.251. The summed E-state index contributed by atoms with van der Waals surface area (Å²) < 4.78 is 0. The second-order valence-corrected chi connectivity index (χ2v) is 5.38. The molecule has 2 N–H and O–H groups in total. The first-order valence-electron chi connectivity index (χ1n) is 7.06. The van der Waals surface area contributed by atoms with Crippen molar-refractivity contribution in [3.8, 4) is 0 Å². The second kappa shape index (κ2) is 12.6. The van der Waals surface area contributed by atoms with Gasteiger partial charge in [0, 0.05) is 0 Å². The van der Waals surface area contributed by atoms with Gasteiger partial charge in [0.05, 0.1) is 11.4 Å². The number of ketones is 1. The first-order valence-corrected chi connectivity index (χ1v) is 8.18. The van der Waals surface area contributed by atoms with E-state index in [0.29, 0.717) is 5.33 Å². The van der Waals surface area contributed by atoms with Gasteiger partial charge in [-0.3, -0.25) is 4.79 Å². The zero-order valence-electron chi connectivity index (χ0n) is 11.2. The summed E-state index contributed by atoms with van der Waals surface area (Å²) >= 11 is 3.15. The highest BCUT2D eigenvalue weighted by Gasteiger charge is 2.10. The molecule has 0 amide bonds. The Morgan fingerprint density at radius 2 is 1.47 bits per heavy atom. The summed E-state index contributed by atoms with van der Waals surface area (Å²) in [6.07, 6.45) is 12.6. The molecule has 0 aromatic rings. The van der Waals surface area contributed by atoms with Crippen LogP contribution in [0.3, 0.4) is 0 Å². The number of alkyl halides is 1. The summed E-state index contributed by atoms with van der Waals surface area (Å²) in [5, 5.41) is 0.394. The Morgan fingerprint density at radius 3 is 1.94 bits per heavy atom.